The van der Waals surface area contributed by atoms with Gasteiger partial charge in [0.1, 0.15) is 17.5 Å². The first kappa shape index (κ1) is 15.2. The zero-order valence-corrected chi connectivity index (χ0v) is 13.8. The van der Waals surface area contributed by atoms with E-state index in [1.807, 2.05) is 55.7 Å². The van der Waals surface area contributed by atoms with Crippen LogP contribution in [0.2, 0.25) is 0 Å². The van der Waals surface area contributed by atoms with Crippen molar-refractivity contribution in [2.24, 2.45) is 0 Å². The summed E-state index contributed by atoms with van der Waals surface area (Å²) < 4.78 is 5.15. The number of carbonyl (C=O) groups excluding carboxylic acids is 1. The number of furan rings is 1. The molecule has 0 N–H and O–H groups in total. The molecule has 122 valence electrons. The van der Waals surface area contributed by atoms with E-state index in [-0.39, 0.29) is 11.7 Å². The van der Waals surface area contributed by atoms with E-state index >= 15 is 0 Å². The smallest absolute Gasteiger partial charge is 0.148 e. The van der Waals surface area contributed by atoms with Gasteiger partial charge in [0.15, 0.2) is 0 Å². The maximum absolute atomic E-state index is 12.6. The summed E-state index contributed by atoms with van der Waals surface area (Å²) in [6.45, 7) is 0. The van der Waals surface area contributed by atoms with Crippen molar-refractivity contribution in [2.75, 3.05) is 7.05 Å². The molecule has 0 saturated carbocycles. The van der Waals surface area contributed by atoms with E-state index in [1.54, 1.807) is 17.4 Å². The summed E-state index contributed by atoms with van der Waals surface area (Å²) in [7, 11) is 1.85. The predicted octanol–water partition coefficient (Wildman–Crippen LogP) is 4.03. The van der Waals surface area contributed by atoms with Crippen LogP contribution in [0.25, 0.3) is 5.57 Å². The summed E-state index contributed by atoms with van der Waals surface area (Å²) in [4.78, 5) is 14.4. The van der Waals surface area contributed by atoms with E-state index in [1.165, 1.54) is 0 Å². The van der Waals surface area contributed by atoms with Gasteiger partial charge >= 0.3 is 0 Å². The highest BCUT2D eigenvalue weighted by Gasteiger charge is 2.33. The van der Waals surface area contributed by atoms with E-state index in [4.69, 9.17) is 4.42 Å². The lowest BCUT2D eigenvalue weighted by Crippen LogP contribution is -2.24. The van der Waals surface area contributed by atoms with Gasteiger partial charge in [-0.15, -0.1) is 0 Å². The van der Waals surface area contributed by atoms with Crippen LogP contribution >= 0.6 is 0 Å². The molecule has 2 heterocycles. The summed E-state index contributed by atoms with van der Waals surface area (Å²) in [6, 6.07) is 14.0. The molecule has 2 aromatic rings. The number of benzene rings is 1. The van der Waals surface area contributed by atoms with Gasteiger partial charge in [0.25, 0.3) is 0 Å². The van der Waals surface area contributed by atoms with Gasteiger partial charge in [-0.1, -0.05) is 36.4 Å². The number of Topliss-reactive ketones (excluding diaryl/α,β-unsaturated/α-hetero) is 1. The minimum atomic E-state index is -0.340. The highest BCUT2D eigenvalue weighted by atomic mass is 16.3. The first-order chi connectivity index (χ1) is 12.2. The third kappa shape index (κ3) is 2.50. The summed E-state index contributed by atoms with van der Waals surface area (Å²) >= 11 is 0. The topological polar surface area (TPSA) is 57.2 Å². The molecule has 1 aliphatic heterocycles. The largest absolute Gasteiger partial charge is 0.472 e. The molecule has 0 radical (unpaired) electrons. The SMILES string of the molecule is CN1C=C2CC(=O)C(c3ccoc3)C=C2C(c2ccccc2)=C1C#N. The molecule has 25 heavy (non-hydrogen) atoms. The Morgan fingerprint density at radius 2 is 2.04 bits per heavy atom. The lowest BCUT2D eigenvalue weighted by Gasteiger charge is -2.31. The summed E-state index contributed by atoms with van der Waals surface area (Å²) in [5.41, 5.74) is 5.20. The van der Waals surface area contributed by atoms with Crippen LogP contribution in [0.4, 0.5) is 0 Å². The molecule has 0 saturated heterocycles. The van der Waals surface area contributed by atoms with Crippen molar-refractivity contribution in [1.29, 1.82) is 5.26 Å². The van der Waals surface area contributed by atoms with Crippen LogP contribution in [0.1, 0.15) is 23.5 Å². The van der Waals surface area contributed by atoms with Gasteiger partial charge < -0.3 is 9.32 Å². The Balaban J connectivity index is 1.92. The van der Waals surface area contributed by atoms with Crippen molar-refractivity contribution in [1.82, 2.24) is 4.90 Å². The Kier molecular flexibility index (Phi) is 3.62. The van der Waals surface area contributed by atoms with Crippen molar-refractivity contribution in [3.05, 3.63) is 89.2 Å². The Labute approximate surface area is 146 Å². The maximum Gasteiger partial charge on any atom is 0.148 e. The van der Waals surface area contributed by atoms with Crippen molar-refractivity contribution < 1.29 is 9.21 Å². The van der Waals surface area contributed by atoms with Gasteiger partial charge in [0, 0.05) is 30.8 Å². The van der Waals surface area contributed by atoms with Crippen LogP contribution in [0.3, 0.4) is 0 Å². The van der Waals surface area contributed by atoms with Gasteiger partial charge in [-0.25, -0.2) is 0 Å². The number of hydrogen-bond donors (Lipinski definition) is 0. The van der Waals surface area contributed by atoms with Gasteiger partial charge in [-0.3, -0.25) is 4.79 Å². The van der Waals surface area contributed by atoms with E-state index in [0.717, 1.165) is 27.8 Å². The van der Waals surface area contributed by atoms with Crippen LogP contribution in [-0.2, 0) is 4.79 Å². The Bertz CT molecular complexity index is 957. The molecule has 1 aliphatic carbocycles. The average Bonchev–Trinajstić information content (AvgIpc) is 3.15. The molecule has 1 aromatic carbocycles. The van der Waals surface area contributed by atoms with Gasteiger partial charge in [-0.2, -0.15) is 5.26 Å². The van der Waals surface area contributed by atoms with Crippen molar-refractivity contribution in [3.63, 3.8) is 0 Å². The zero-order valence-electron chi connectivity index (χ0n) is 13.8. The molecule has 4 rings (SSSR count). The third-order valence-electron chi connectivity index (χ3n) is 4.67. The number of hydrogen-bond acceptors (Lipinski definition) is 4. The lowest BCUT2D eigenvalue weighted by molar-refractivity contribution is -0.119. The molecule has 1 atom stereocenters. The number of carbonyl (C=O) groups is 1. The first-order valence-corrected chi connectivity index (χ1v) is 8.09. The van der Waals surface area contributed by atoms with E-state index in [0.29, 0.717) is 12.1 Å². The average molecular weight is 328 g/mol. The number of rotatable bonds is 2. The second-order valence-electron chi connectivity index (χ2n) is 6.22. The monoisotopic (exact) mass is 328 g/mol. The fraction of sp³-hybridized carbons (Fsp3) is 0.143. The number of ketones is 1. The third-order valence-corrected chi connectivity index (χ3v) is 4.67. The fourth-order valence-corrected chi connectivity index (χ4v) is 3.49. The van der Waals surface area contributed by atoms with Gasteiger partial charge in [0.05, 0.1) is 18.4 Å². The Morgan fingerprint density at radius 1 is 1.24 bits per heavy atom. The molecule has 4 nitrogen and oxygen atoms in total. The van der Waals surface area contributed by atoms with Crippen molar-refractivity contribution >= 4 is 11.4 Å². The maximum atomic E-state index is 12.6. The Hall–Kier alpha value is -3.32. The number of fused-ring (bicyclic) bond motifs is 1. The first-order valence-electron chi connectivity index (χ1n) is 8.09. The van der Waals surface area contributed by atoms with Crippen molar-refractivity contribution in [2.45, 2.75) is 12.3 Å². The second-order valence-corrected chi connectivity index (χ2v) is 6.22. The normalized spacial score (nSPS) is 19.9. The van der Waals surface area contributed by atoms with E-state index < -0.39 is 0 Å². The van der Waals surface area contributed by atoms with Gasteiger partial charge in [0.2, 0.25) is 0 Å². The molecule has 0 bridgehead atoms. The number of nitriles is 1. The standard InChI is InChI=1S/C21H16N2O2/c1-23-12-16-9-20(24)17(15-7-8-25-13-15)10-18(16)21(19(23)11-22)14-5-3-2-4-6-14/h2-8,10,12-13,17H,9H2,1H3. The van der Waals surface area contributed by atoms with Crippen LogP contribution in [0.5, 0.6) is 0 Å². The van der Waals surface area contributed by atoms with E-state index in [2.05, 4.69) is 6.07 Å². The molecule has 2 aliphatic rings. The molecule has 4 heteroatoms. The quantitative estimate of drug-likeness (QED) is 0.835. The number of nitrogens with zero attached hydrogens (tertiary/aromatic N) is 2. The zero-order chi connectivity index (χ0) is 17.4. The Morgan fingerprint density at radius 3 is 2.72 bits per heavy atom. The molecule has 0 spiro atoms. The fourth-order valence-electron chi connectivity index (χ4n) is 3.49. The number of allylic oxidation sites excluding steroid dienone is 5. The summed E-state index contributed by atoms with van der Waals surface area (Å²) in [6.07, 6.45) is 7.40. The second kappa shape index (κ2) is 5.95. The molecular formula is C21H16N2O2. The van der Waals surface area contributed by atoms with Crippen LogP contribution < -0.4 is 0 Å². The molecular weight excluding hydrogens is 312 g/mol. The molecule has 0 fully saturated rings. The molecule has 1 aromatic heterocycles. The van der Waals surface area contributed by atoms with Gasteiger partial charge in [-0.05, 0) is 22.8 Å². The molecule has 0 amide bonds. The van der Waals surface area contributed by atoms with Crippen LogP contribution in [0.15, 0.2) is 82.5 Å². The van der Waals surface area contributed by atoms with Crippen molar-refractivity contribution in [3.8, 4) is 6.07 Å². The van der Waals surface area contributed by atoms with Crippen LogP contribution in [-0.4, -0.2) is 17.7 Å². The summed E-state index contributed by atoms with van der Waals surface area (Å²) in [5, 5.41) is 9.70. The highest BCUT2D eigenvalue weighted by molar-refractivity contribution is 5.99. The molecule has 1 unspecified atom stereocenters. The summed E-state index contributed by atoms with van der Waals surface area (Å²) in [5.74, 6) is -0.203. The predicted molar refractivity (Wildman–Crippen MR) is 94.0 cm³/mol. The van der Waals surface area contributed by atoms with E-state index in [9.17, 15) is 10.1 Å². The van der Waals surface area contributed by atoms with Crippen LogP contribution in [0, 0.1) is 11.3 Å². The minimum absolute atomic E-state index is 0.137. The minimum Gasteiger partial charge on any atom is -0.472 e. The lowest BCUT2D eigenvalue weighted by atomic mass is 9.77. The highest BCUT2D eigenvalue weighted by Crippen LogP contribution is 2.43.